The van der Waals surface area contributed by atoms with E-state index in [1.807, 2.05) is 60.4 Å². The Morgan fingerprint density at radius 2 is 1.70 bits per heavy atom. The molecule has 0 aliphatic carbocycles. The van der Waals surface area contributed by atoms with Crippen LogP contribution in [0.25, 0.3) is 0 Å². The lowest BCUT2D eigenvalue weighted by Gasteiger charge is -2.40. The number of benzene rings is 4. The van der Waals surface area contributed by atoms with Crippen LogP contribution in [0.1, 0.15) is 51.9 Å². The van der Waals surface area contributed by atoms with E-state index in [9.17, 15) is 19.5 Å². The van der Waals surface area contributed by atoms with Gasteiger partial charge in [0.15, 0.2) is 0 Å². The third kappa shape index (κ3) is 5.34. The van der Waals surface area contributed by atoms with Crippen LogP contribution in [0.2, 0.25) is 10.0 Å². The number of anilines is 1. The number of nitrogens with zero attached hydrogens (tertiary/aromatic N) is 2. The first kappa shape index (κ1) is 31.2. The van der Waals surface area contributed by atoms with Gasteiger partial charge in [0.2, 0.25) is 11.8 Å². The number of carbonyl (C=O) groups excluding carboxylic acids is 2. The quantitative estimate of drug-likeness (QED) is 0.211. The second kappa shape index (κ2) is 12.3. The van der Waals surface area contributed by atoms with E-state index in [0.29, 0.717) is 48.4 Å². The van der Waals surface area contributed by atoms with Gasteiger partial charge in [-0.15, -0.1) is 0 Å². The second-order valence-corrected chi connectivity index (χ2v) is 13.2. The SMILES string of the molecule is CCOc1cccc(CN2[C@H]3CCN(Cc4ccc(C(=O)O)cc4)C(=O)[C@H]3[C@H](c3cccc(Cl)c3)[C@]23C(=O)Nc2cc(Cl)ccc23)c1. The van der Waals surface area contributed by atoms with E-state index in [0.717, 1.165) is 28.0 Å². The highest BCUT2D eigenvalue weighted by molar-refractivity contribution is 6.31. The Labute approximate surface area is 282 Å². The van der Waals surface area contributed by atoms with Crippen LogP contribution in [0.5, 0.6) is 5.75 Å². The van der Waals surface area contributed by atoms with Crippen LogP contribution in [-0.4, -0.2) is 51.9 Å². The third-order valence-electron chi connectivity index (χ3n) is 9.70. The van der Waals surface area contributed by atoms with E-state index in [1.165, 1.54) is 0 Å². The van der Waals surface area contributed by atoms with Gasteiger partial charge in [-0.25, -0.2) is 4.79 Å². The molecule has 1 spiro atoms. The summed E-state index contributed by atoms with van der Waals surface area (Å²) >= 11 is 13.0. The zero-order valence-electron chi connectivity index (χ0n) is 25.7. The van der Waals surface area contributed by atoms with Crippen molar-refractivity contribution in [1.29, 1.82) is 0 Å². The number of hydrogen-bond donors (Lipinski definition) is 2. The molecule has 4 atom stereocenters. The fourth-order valence-corrected chi connectivity index (χ4v) is 8.24. The molecule has 2 N–H and O–H groups in total. The molecule has 2 fully saturated rings. The van der Waals surface area contributed by atoms with E-state index in [2.05, 4.69) is 10.2 Å². The average Bonchev–Trinajstić information content (AvgIpc) is 3.50. The number of fused-ring (bicyclic) bond motifs is 3. The number of carbonyl (C=O) groups is 3. The fraction of sp³-hybridized carbons (Fsp3) is 0.270. The Morgan fingerprint density at radius 3 is 2.45 bits per heavy atom. The van der Waals surface area contributed by atoms with Gasteiger partial charge in [-0.1, -0.05) is 65.7 Å². The molecule has 0 radical (unpaired) electrons. The topological polar surface area (TPSA) is 99.2 Å². The van der Waals surface area contributed by atoms with E-state index in [1.54, 1.807) is 42.5 Å². The first-order chi connectivity index (χ1) is 22.7. The summed E-state index contributed by atoms with van der Waals surface area (Å²) in [5, 5.41) is 13.5. The third-order valence-corrected chi connectivity index (χ3v) is 10.2. The van der Waals surface area contributed by atoms with Gasteiger partial charge in [0.05, 0.1) is 18.1 Å². The molecular formula is C37H33Cl2N3O5. The summed E-state index contributed by atoms with van der Waals surface area (Å²) in [6, 6.07) is 27.1. The molecule has 3 aliphatic heterocycles. The maximum absolute atomic E-state index is 14.8. The average molecular weight is 671 g/mol. The molecule has 3 aliphatic rings. The number of halogens is 2. The van der Waals surface area contributed by atoms with Crippen molar-refractivity contribution >= 4 is 46.7 Å². The summed E-state index contributed by atoms with van der Waals surface area (Å²) in [5.74, 6) is -1.69. The molecule has 47 heavy (non-hydrogen) atoms. The van der Waals surface area contributed by atoms with Gasteiger partial charge < -0.3 is 20.1 Å². The predicted octanol–water partition coefficient (Wildman–Crippen LogP) is 6.95. The van der Waals surface area contributed by atoms with Crippen LogP contribution < -0.4 is 10.1 Å². The van der Waals surface area contributed by atoms with Crippen LogP contribution in [0.4, 0.5) is 5.69 Å². The van der Waals surface area contributed by atoms with Crippen molar-refractivity contribution in [3.63, 3.8) is 0 Å². The zero-order chi connectivity index (χ0) is 32.9. The van der Waals surface area contributed by atoms with Crippen LogP contribution >= 0.6 is 23.2 Å². The first-order valence-corrected chi connectivity index (χ1v) is 16.4. The molecule has 10 heteroatoms. The van der Waals surface area contributed by atoms with Gasteiger partial charge in [-0.05, 0) is 78.6 Å². The van der Waals surface area contributed by atoms with Crippen LogP contribution in [0, 0.1) is 5.92 Å². The van der Waals surface area contributed by atoms with Crippen molar-refractivity contribution in [3.8, 4) is 5.75 Å². The molecule has 2 amide bonds. The number of hydrogen-bond acceptors (Lipinski definition) is 5. The van der Waals surface area contributed by atoms with E-state index in [-0.39, 0.29) is 23.4 Å². The number of rotatable bonds is 8. The van der Waals surface area contributed by atoms with Crippen molar-refractivity contribution in [3.05, 3.63) is 129 Å². The smallest absolute Gasteiger partial charge is 0.335 e. The Hall–Kier alpha value is -4.37. The number of ether oxygens (including phenoxy) is 1. The monoisotopic (exact) mass is 669 g/mol. The lowest BCUT2D eigenvalue weighted by atomic mass is 9.70. The molecule has 4 aromatic rings. The van der Waals surface area contributed by atoms with Gasteiger partial charge in [-0.3, -0.25) is 14.5 Å². The zero-order valence-corrected chi connectivity index (χ0v) is 27.2. The molecule has 0 bridgehead atoms. The minimum absolute atomic E-state index is 0.0614. The number of carboxylic acids is 1. The predicted molar refractivity (Wildman–Crippen MR) is 180 cm³/mol. The summed E-state index contributed by atoms with van der Waals surface area (Å²) in [7, 11) is 0. The van der Waals surface area contributed by atoms with E-state index < -0.39 is 23.3 Å². The number of carboxylic acid groups (broad SMARTS) is 1. The lowest BCUT2D eigenvalue weighted by molar-refractivity contribution is -0.141. The van der Waals surface area contributed by atoms with Crippen molar-refractivity contribution < 1.29 is 24.2 Å². The molecule has 3 heterocycles. The standard InChI is InChI=1S/C37H33Cl2N3O5/c1-2-47-28-8-3-5-23(17-28)21-42-31-15-16-41(20-22-9-11-24(12-10-22)35(44)45)34(43)32(31)33(25-6-4-7-26(38)18-25)37(42)29-14-13-27(39)19-30(29)40-36(37)46/h3-14,17-19,31-33H,2,15-16,20-21H2,1H3,(H,40,46)(H,44,45)/t31-,32+,33-,37+/m0/s1. The summed E-state index contributed by atoms with van der Waals surface area (Å²) < 4.78 is 5.82. The number of nitrogens with one attached hydrogen (secondary N) is 1. The molecule has 4 aromatic carbocycles. The van der Waals surface area contributed by atoms with Crippen molar-refractivity contribution in [2.45, 2.75) is 43.9 Å². The minimum Gasteiger partial charge on any atom is -0.494 e. The van der Waals surface area contributed by atoms with Crippen LogP contribution in [0.3, 0.4) is 0 Å². The number of aromatic carboxylic acids is 1. The minimum atomic E-state index is -1.24. The summed E-state index contributed by atoms with van der Waals surface area (Å²) in [4.78, 5) is 45.0. The van der Waals surface area contributed by atoms with Gasteiger partial charge in [0.1, 0.15) is 11.3 Å². The highest BCUT2D eigenvalue weighted by atomic mass is 35.5. The van der Waals surface area contributed by atoms with E-state index in [4.69, 9.17) is 27.9 Å². The van der Waals surface area contributed by atoms with Gasteiger partial charge >= 0.3 is 5.97 Å². The Morgan fingerprint density at radius 1 is 0.936 bits per heavy atom. The molecule has 7 rings (SSSR count). The van der Waals surface area contributed by atoms with Gasteiger partial charge in [-0.2, -0.15) is 0 Å². The van der Waals surface area contributed by atoms with Crippen molar-refractivity contribution in [1.82, 2.24) is 9.80 Å². The lowest BCUT2D eigenvalue weighted by Crippen LogP contribution is -2.52. The summed E-state index contributed by atoms with van der Waals surface area (Å²) in [5.41, 5.74) is 2.95. The van der Waals surface area contributed by atoms with E-state index >= 15 is 0 Å². The molecule has 8 nitrogen and oxygen atoms in total. The van der Waals surface area contributed by atoms with Gasteiger partial charge in [0.25, 0.3) is 0 Å². The highest BCUT2D eigenvalue weighted by Gasteiger charge is 2.69. The number of piperidine rings is 1. The maximum Gasteiger partial charge on any atom is 0.335 e. The summed E-state index contributed by atoms with van der Waals surface area (Å²) in [6.45, 7) is 3.67. The molecule has 0 unspecified atom stereocenters. The molecular weight excluding hydrogens is 637 g/mol. The van der Waals surface area contributed by atoms with Crippen LogP contribution in [-0.2, 0) is 28.2 Å². The van der Waals surface area contributed by atoms with Crippen molar-refractivity contribution in [2.24, 2.45) is 5.92 Å². The molecule has 0 aromatic heterocycles. The molecule has 0 saturated carbocycles. The maximum atomic E-state index is 14.8. The van der Waals surface area contributed by atoms with Gasteiger partial charge in [0, 0.05) is 52.9 Å². The molecule has 240 valence electrons. The number of likely N-dealkylation sites (tertiary alicyclic amines) is 2. The largest absolute Gasteiger partial charge is 0.494 e. The fourth-order valence-electron chi connectivity index (χ4n) is 7.87. The Kier molecular flexibility index (Phi) is 8.20. The molecule has 2 saturated heterocycles. The normalized spacial score (nSPS) is 23.5. The number of amides is 2. The summed E-state index contributed by atoms with van der Waals surface area (Å²) in [6.07, 6.45) is 0.629. The Balaban J connectivity index is 1.38. The highest BCUT2D eigenvalue weighted by Crippen LogP contribution is 2.61. The van der Waals surface area contributed by atoms with Crippen molar-refractivity contribution in [2.75, 3.05) is 18.5 Å². The Bertz CT molecular complexity index is 1880. The first-order valence-electron chi connectivity index (χ1n) is 15.7. The second-order valence-electron chi connectivity index (χ2n) is 12.3. The van der Waals surface area contributed by atoms with Crippen LogP contribution in [0.15, 0.2) is 91.0 Å².